The molecule has 6 atom stereocenters. The minimum absolute atomic E-state index is 0.0759. The van der Waals surface area contributed by atoms with E-state index in [0.717, 1.165) is 11.1 Å². The van der Waals surface area contributed by atoms with Crippen molar-refractivity contribution in [3.63, 3.8) is 0 Å². The minimum atomic E-state index is -1.17. The predicted molar refractivity (Wildman–Crippen MR) is 171 cm³/mol. The Hall–Kier alpha value is -4.28. The standard InChI is InChI=1S/C36H43N3O7/c1-3-5-17-29(41)45-24-27(26-15-10-7-11-16-26)37-33(42)30-28-18-19-36(46-28)31(30)34(43)39(21-12-22-40)32(36)35(44)38(20-4-2)23-25-13-8-6-9-14-25/h3-4,6-11,13-16,27-28,30-32,40H,1-2,5,12,17-24H2,(H,37,42)/t27-,28-,30+,31+,32-,36+/m0/s1. The molecule has 3 aliphatic rings. The zero-order valence-corrected chi connectivity index (χ0v) is 26.1. The molecular formula is C36H43N3O7. The van der Waals surface area contributed by atoms with E-state index in [9.17, 15) is 24.3 Å². The van der Waals surface area contributed by atoms with E-state index in [-0.39, 0.29) is 56.9 Å². The lowest BCUT2D eigenvalue weighted by Gasteiger charge is -2.37. The lowest BCUT2D eigenvalue weighted by atomic mass is 9.70. The Morgan fingerprint density at radius 3 is 2.50 bits per heavy atom. The van der Waals surface area contributed by atoms with Gasteiger partial charge in [-0.05, 0) is 36.8 Å². The number of nitrogens with zero attached hydrogens (tertiary/aromatic N) is 2. The zero-order valence-electron chi connectivity index (χ0n) is 26.1. The number of hydrogen-bond acceptors (Lipinski definition) is 7. The van der Waals surface area contributed by atoms with Crippen molar-refractivity contribution in [1.29, 1.82) is 0 Å². The summed E-state index contributed by atoms with van der Waals surface area (Å²) >= 11 is 0. The van der Waals surface area contributed by atoms with Gasteiger partial charge in [-0.3, -0.25) is 19.2 Å². The quantitative estimate of drug-likeness (QED) is 0.216. The third-order valence-electron chi connectivity index (χ3n) is 9.25. The number of aliphatic hydroxyl groups excluding tert-OH is 1. The molecule has 2 N–H and O–H groups in total. The van der Waals surface area contributed by atoms with Crippen molar-refractivity contribution in [2.75, 3.05) is 26.3 Å². The van der Waals surface area contributed by atoms with E-state index in [1.54, 1.807) is 17.1 Å². The van der Waals surface area contributed by atoms with Crippen LogP contribution in [-0.4, -0.2) is 82.6 Å². The molecular weight excluding hydrogens is 586 g/mol. The largest absolute Gasteiger partial charge is 0.463 e. The maximum absolute atomic E-state index is 14.4. The first-order valence-corrected chi connectivity index (χ1v) is 16.0. The lowest BCUT2D eigenvalue weighted by Crippen LogP contribution is -2.56. The third kappa shape index (κ3) is 6.64. The average molecular weight is 630 g/mol. The van der Waals surface area contributed by atoms with Crippen LogP contribution < -0.4 is 5.32 Å². The lowest BCUT2D eigenvalue weighted by molar-refractivity contribution is -0.148. The average Bonchev–Trinajstić information content (AvgIpc) is 3.72. The highest BCUT2D eigenvalue weighted by atomic mass is 16.5. The van der Waals surface area contributed by atoms with Crippen LogP contribution >= 0.6 is 0 Å². The van der Waals surface area contributed by atoms with Gasteiger partial charge in [0.2, 0.25) is 17.7 Å². The van der Waals surface area contributed by atoms with Gasteiger partial charge in [0.1, 0.15) is 18.2 Å². The van der Waals surface area contributed by atoms with Crippen LogP contribution in [0.15, 0.2) is 86.0 Å². The second kappa shape index (κ2) is 14.9. The molecule has 10 heteroatoms. The number of nitrogens with one attached hydrogen (secondary N) is 1. The van der Waals surface area contributed by atoms with Gasteiger partial charge in [0, 0.05) is 32.7 Å². The molecule has 46 heavy (non-hydrogen) atoms. The van der Waals surface area contributed by atoms with E-state index in [0.29, 0.717) is 25.8 Å². The smallest absolute Gasteiger partial charge is 0.306 e. The first-order valence-electron chi connectivity index (χ1n) is 16.0. The molecule has 0 aliphatic carbocycles. The van der Waals surface area contributed by atoms with Crippen LogP contribution in [0.25, 0.3) is 0 Å². The van der Waals surface area contributed by atoms with Gasteiger partial charge in [-0.2, -0.15) is 0 Å². The maximum atomic E-state index is 14.4. The summed E-state index contributed by atoms with van der Waals surface area (Å²) in [6, 6.07) is 17.2. The van der Waals surface area contributed by atoms with Gasteiger partial charge in [-0.25, -0.2) is 0 Å². The number of benzene rings is 2. The topological polar surface area (TPSA) is 125 Å². The van der Waals surface area contributed by atoms with Gasteiger partial charge in [0.25, 0.3) is 0 Å². The molecule has 3 amide bonds. The number of rotatable bonds is 16. The highest BCUT2D eigenvalue weighted by Crippen LogP contribution is 2.58. The maximum Gasteiger partial charge on any atom is 0.306 e. The number of carbonyl (C=O) groups excluding carboxylic acids is 4. The van der Waals surface area contributed by atoms with Crippen LogP contribution in [0.3, 0.4) is 0 Å². The van der Waals surface area contributed by atoms with Gasteiger partial charge in [-0.15, -0.1) is 13.2 Å². The van der Waals surface area contributed by atoms with E-state index in [2.05, 4.69) is 18.5 Å². The Kier molecular flexibility index (Phi) is 10.7. The number of esters is 1. The molecule has 3 aliphatic heterocycles. The van der Waals surface area contributed by atoms with Crippen LogP contribution in [0.4, 0.5) is 0 Å². The summed E-state index contributed by atoms with van der Waals surface area (Å²) in [6.07, 6.45) is 4.68. The summed E-state index contributed by atoms with van der Waals surface area (Å²) in [5, 5.41) is 12.7. The number of ether oxygens (including phenoxy) is 2. The van der Waals surface area contributed by atoms with Crippen molar-refractivity contribution >= 4 is 23.7 Å². The highest BCUT2D eigenvalue weighted by molar-refractivity contribution is 5.99. The first-order chi connectivity index (χ1) is 22.3. The van der Waals surface area contributed by atoms with Crippen molar-refractivity contribution in [1.82, 2.24) is 15.1 Å². The Balaban J connectivity index is 1.42. The van der Waals surface area contributed by atoms with Gasteiger partial charge in [0.15, 0.2) is 0 Å². The Morgan fingerprint density at radius 2 is 1.83 bits per heavy atom. The summed E-state index contributed by atoms with van der Waals surface area (Å²) in [4.78, 5) is 58.3. The molecule has 0 unspecified atom stereocenters. The molecule has 244 valence electrons. The normalized spacial score (nSPS) is 25.1. The number of amides is 3. The number of allylic oxidation sites excluding steroid dienone is 1. The molecule has 3 saturated heterocycles. The van der Waals surface area contributed by atoms with Crippen LogP contribution in [-0.2, 0) is 35.2 Å². The third-order valence-corrected chi connectivity index (χ3v) is 9.25. The van der Waals surface area contributed by atoms with E-state index < -0.39 is 41.6 Å². The summed E-state index contributed by atoms with van der Waals surface area (Å²) in [7, 11) is 0. The van der Waals surface area contributed by atoms with Crippen LogP contribution in [0.5, 0.6) is 0 Å². The number of hydrogen-bond donors (Lipinski definition) is 2. The van der Waals surface area contributed by atoms with Gasteiger partial charge < -0.3 is 29.7 Å². The fraction of sp³-hybridized carbons (Fsp3) is 0.444. The second-order valence-electron chi connectivity index (χ2n) is 12.1. The van der Waals surface area contributed by atoms with E-state index in [4.69, 9.17) is 9.47 Å². The van der Waals surface area contributed by atoms with Crippen LogP contribution in [0, 0.1) is 11.8 Å². The fourth-order valence-corrected chi connectivity index (χ4v) is 7.22. The zero-order chi connectivity index (χ0) is 32.7. The monoisotopic (exact) mass is 629 g/mol. The fourth-order valence-electron chi connectivity index (χ4n) is 7.22. The first kappa shape index (κ1) is 33.1. The summed E-state index contributed by atoms with van der Waals surface area (Å²) in [6.45, 7) is 8.01. The van der Waals surface area contributed by atoms with Crippen molar-refractivity contribution in [3.05, 3.63) is 97.1 Å². The molecule has 0 saturated carbocycles. The van der Waals surface area contributed by atoms with Gasteiger partial charge in [0.05, 0.1) is 24.0 Å². The number of carbonyl (C=O) groups is 4. The summed E-state index contributed by atoms with van der Waals surface area (Å²) in [5.74, 6) is -3.08. The van der Waals surface area contributed by atoms with Gasteiger partial charge >= 0.3 is 5.97 Å². The second-order valence-corrected chi connectivity index (χ2v) is 12.1. The molecule has 2 bridgehead atoms. The summed E-state index contributed by atoms with van der Waals surface area (Å²) < 4.78 is 12.1. The molecule has 10 nitrogen and oxygen atoms in total. The molecule has 3 fully saturated rings. The molecule has 1 spiro atoms. The van der Waals surface area contributed by atoms with Crippen molar-refractivity contribution < 1.29 is 33.8 Å². The van der Waals surface area contributed by atoms with Crippen molar-refractivity contribution in [2.24, 2.45) is 11.8 Å². The Labute approximate surface area is 270 Å². The molecule has 2 aromatic carbocycles. The SMILES string of the molecule is C=CCCC(=O)OC[C@H](NC(=O)[C@@H]1[C@@H]2CC[C@]3(O2)[C@H](C(=O)N(CC=C)Cc2ccccc2)N(CCCO)C(=O)[C@@H]13)c1ccccc1. The van der Waals surface area contributed by atoms with E-state index >= 15 is 0 Å². The van der Waals surface area contributed by atoms with Crippen LogP contribution in [0.2, 0.25) is 0 Å². The molecule has 2 aromatic rings. The minimum Gasteiger partial charge on any atom is -0.463 e. The number of fused-ring (bicyclic) bond motifs is 1. The van der Waals surface area contributed by atoms with E-state index in [1.807, 2.05) is 60.7 Å². The highest BCUT2D eigenvalue weighted by Gasteiger charge is 2.74. The molecule has 0 aromatic heterocycles. The molecule has 0 radical (unpaired) electrons. The Bertz CT molecular complexity index is 1420. The van der Waals surface area contributed by atoms with Gasteiger partial charge in [-0.1, -0.05) is 72.8 Å². The van der Waals surface area contributed by atoms with E-state index in [1.165, 1.54) is 4.90 Å². The molecule has 5 rings (SSSR count). The van der Waals surface area contributed by atoms with Crippen molar-refractivity contribution in [2.45, 2.75) is 62.4 Å². The summed E-state index contributed by atoms with van der Waals surface area (Å²) in [5.41, 5.74) is 0.512. The van der Waals surface area contributed by atoms with Crippen molar-refractivity contribution in [3.8, 4) is 0 Å². The Morgan fingerprint density at radius 1 is 1.11 bits per heavy atom. The van der Waals surface area contributed by atoms with Crippen LogP contribution in [0.1, 0.15) is 49.3 Å². The number of aliphatic hydroxyl groups is 1. The molecule has 3 heterocycles. The predicted octanol–water partition coefficient (Wildman–Crippen LogP) is 3.33. The number of likely N-dealkylation sites (tertiary alicyclic amines) is 1.